The van der Waals surface area contributed by atoms with E-state index in [1.807, 2.05) is 0 Å². The van der Waals surface area contributed by atoms with Gasteiger partial charge >= 0.3 is 0 Å². The van der Waals surface area contributed by atoms with E-state index in [4.69, 9.17) is 4.74 Å². The molecule has 1 heterocycles. The molecule has 0 aliphatic carbocycles. The van der Waals surface area contributed by atoms with Crippen LogP contribution in [-0.2, 0) is 0 Å². The molecule has 0 unspecified atom stereocenters. The second-order valence-electron chi connectivity index (χ2n) is 6.22. The number of rotatable bonds is 6. The number of unbranched alkanes of at least 4 members (excludes halogenated alkanes) is 1. The molecule has 0 bridgehead atoms. The molecule has 1 aliphatic heterocycles. The summed E-state index contributed by atoms with van der Waals surface area (Å²) in [6.45, 7) is 4.86. The SMILES string of the molecule is Brc1c(OCCCC[NH+]2CCCCC2)ccc2ccccc12. The number of likely N-dealkylation sites (tertiary alicyclic amines) is 1. The largest absolute Gasteiger partial charge is 0.492 e. The lowest BCUT2D eigenvalue weighted by Crippen LogP contribution is -3.12. The lowest BCUT2D eigenvalue weighted by molar-refractivity contribution is -0.905. The van der Waals surface area contributed by atoms with Crippen molar-refractivity contribution in [3.8, 4) is 5.75 Å². The van der Waals surface area contributed by atoms with Gasteiger partial charge in [0.05, 0.1) is 30.7 Å². The summed E-state index contributed by atoms with van der Waals surface area (Å²) in [5, 5.41) is 2.47. The zero-order valence-corrected chi connectivity index (χ0v) is 14.7. The first-order valence-corrected chi connectivity index (χ1v) is 9.27. The van der Waals surface area contributed by atoms with Crippen LogP contribution in [0.5, 0.6) is 5.75 Å². The normalized spacial score (nSPS) is 16.0. The van der Waals surface area contributed by atoms with Crippen LogP contribution in [0, 0.1) is 0 Å². The molecule has 3 heteroatoms. The fourth-order valence-electron chi connectivity index (χ4n) is 3.29. The van der Waals surface area contributed by atoms with Crippen molar-refractivity contribution < 1.29 is 9.64 Å². The maximum atomic E-state index is 5.98. The van der Waals surface area contributed by atoms with E-state index in [0.717, 1.165) is 23.2 Å². The molecule has 118 valence electrons. The van der Waals surface area contributed by atoms with Crippen LogP contribution in [0.4, 0.5) is 0 Å². The molecule has 0 amide bonds. The van der Waals surface area contributed by atoms with Crippen molar-refractivity contribution in [2.24, 2.45) is 0 Å². The Labute approximate surface area is 141 Å². The minimum atomic E-state index is 0.810. The van der Waals surface area contributed by atoms with Gasteiger partial charge in [0, 0.05) is 0 Å². The summed E-state index contributed by atoms with van der Waals surface area (Å²) in [6.07, 6.45) is 6.66. The van der Waals surface area contributed by atoms with E-state index in [1.54, 1.807) is 4.90 Å². The summed E-state index contributed by atoms with van der Waals surface area (Å²) in [5.41, 5.74) is 0. The van der Waals surface area contributed by atoms with E-state index in [2.05, 4.69) is 52.3 Å². The molecule has 0 spiro atoms. The quantitative estimate of drug-likeness (QED) is 0.771. The number of fused-ring (bicyclic) bond motifs is 1. The Kier molecular flexibility index (Phi) is 5.74. The molecule has 1 N–H and O–H groups in total. The van der Waals surface area contributed by atoms with Crippen LogP contribution in [0.2, 0.25) is 0 Å². The first-order valence-electron chi connectivity index (χ1n) is 8.48. The van der Waals surface area contributed by atoms with Gasteiger partial charge in [0.25, 0.3) is 0 Å². The van der Waals surface area contributed by atoms with Crippen molar-refractivity contribution in [2.75, 3.05) is 26.2 Å². The number of halogens is 1. The van der Waals surface area contributed by atoms with Gasteiger partial charge in [0.15, 0.2) is 0 Å². The molecule has 2 aromatic rings. The van der Waals surface area contributed by atoms with E-state index in [9.17, 15) is 0 Å². The molecule has 22 heavy (non-hydrogen) atoms. The fourth-order valence-corrected chi connectivity index (χ4v) is 3.89. The van der Waals surface area contributed by atoms with Gasteiger partial charge in [-0.2, -0.15) is 0 Å². The number of quaternary nitrogens is 1. The van der Waals surface area contributed by atoms with Gasteiger partial charge in [-0.25, -0.2) is 0 Å². The van der Waals surface area contributed by atoms with Gasteiger partial charge in [-0.1, -0.05) is 30.3 Å². The predicted octanol–water partition coefficient (Wildman–Crippen LogP) is 3.83. The minimum Gasteiger partial charge on any atom is -0.492 e. The highest BCUT2D eigenvalue weighted by Gasteiger charge is 2.12. The fraction of sp³-hybridized carbons (Fsp3) is 0.474. The van der Waals surface area contributed by atoms with Gasteiger partial charge in [0.2, 0.25) is 0 Å². The predicted molar refractivity (Wildman–Crippen MR) is 95.8 cm³/mol. The van der Waals surface area contributed by atoms with E-state index in [0.29, 0.717) is 0 Å². The lowest BCUT2D eigenvalue weighted by Gasteiger charge is -2.23. The summed E-state index contributed by atoms with van der Waals surface area (Å²) in [4.78, 5) is 1.79. The van der Waals surface area contributed by atoms with Crippen LogP contribution in [-0.4, -0.2) is 26.2 Å². The number of benzene rings is 2. The van der Waals surface area contributed by atoms with Crippen LogP contribution in [0.3, 0.4) is 0 Å². The molecule has 0 aromatic heterocycles. The van der Waals surface area contributed by atoms with Crippen LogP contribution in [0.25, 0.3) is 10.8 Å². The second kappa shape index (κ2) is 7.98. The monoisotopic (exact) mass is 362 g/mol. The summed E-state index contributed by atoms with van der Waals surface area (Å²) in [5.74, 6) is 0.962. The van der Waals surface area contributed by atoms with E-state index < -0.39 is 0 Å². The number of ether oxygens (including phenoxy) is 1. The third kappa shape index (κ3) is 4.02. The Morgan fingerprint density at radius 3 is 2.64 bits per heavy atom. The van der Waals surface area contributed by atoms with Crippen LogP contribution < -0.4 is 9.64 Å². The molecule has 0 atom stereocenters. The third-order valence-corrected chi connectivity index (χ3v) is 5.39. The molecule has 1 saturated heterocycles. The van der Waals surface area contributed by atoms with Gasteiger partial charge < -0.3 is 9.64 Å². The number of hydrogen-bond donors (Lipinski definition) is 1. The smallest absolute Gasteiger partial charge is 0.134 e. The lowest BCUT2D eigenvalue weighted by atomic mass is 10.1. The molecular weight excluding hydrogens is 338 g/mol. The van der Waals surface area contributed by atoms with Crippen molar-refractivity contribution in [1.82, 2.24) is 0 Å². The zero-order chi connectivity index (χ0) is 15.2. The van der Waals surface area contributed by atoms with Gasteiger partial charge in [-0.05, 0) is 64.9 Å². The molecule has 1 aliphatic rings. The standard InChI is InChI=1S/C19H24BrNO/c20-19-17-9-3-2-8-16(17)10-11-18(19)22-15-7-6-14-21-12-4-1-5-13-21/h2-3,8-11H,1,4-7,12-15H2/p+1. The van der Waals surface area contributed by atoms with Crippen molar-refractivity contribution >= 4 is 26.7 Å². The molecule has 2 nitrogen and oxygen atoms in total. The molecule has 1 fully saturated rings. The third-order valence-electron chi connectivity index (χ3n) is 4.57. The van der Waals surface area contributed by atoms with Gasteiger partial charge in [-0.15, -0.1) is 0 Å². The number of hydrogen-bond acceptors (Lipinski definition) is 1. The van der Waals surface area contributed by atoms with E-state index >= 15 is 0 Å². The molecule has 0 radical (unpaired) electrons. The molecule has 0 saturated carbocycles. The van der Waals surface area contributed by atoms with E-state index in [-0.39, 0.29) is 0 Å². The van der Waals surface area contributed by atoms with Crippen molar-refractivity contribution in [2.45, 2.75) is 32.1 Å². The van der Waals surface area contributed by atoms with Crippen molar-refractivity contribution in [1.29, 1.82) is 0 Å². The van der Waals surface area contributed by atoms with Crippen molar-refractivity contribution in [3.05, 3.63) is 40.9 Å². The molecule has 3 rings (SSSR count). The van der Waals surface area contributed by atoms with E-state index in [1.165, 1.54) is 56.1 Å². The highest BCUT2D eigenvalue weighted by Crippen LogP contribution is 2.33. The summed E-state index contributed by atoms with van der Waals surface area (Å²) >= 11 is 3.68. The maximum Gasteiger partial charge on any atom is 0.134 e. The Balaban J connectivity index is 1.46. The second-order valence-corrected chi connectivity index (χ2v) is 7.01. The topological polar surface area (TPSA) is 13.7 Å². The Hall–Kier alpha value is -1.06. The minimum absolute atomic E-state index is 0.810. The Morgan fingerprint density at radius 1 is 0.955 bits per heavy atom. The first kappa shape index (κ1) is 15.8. The summed E-state index contributed by atoms with van der Waals surface area (Å²) in [6, 6.07) is 12.6. The molecule has 2 aromatic carbocycles. The molecular formula is C19H25BrNO+. The van der Waals surface area contributed by atoms with Crippen LogP contribution in [0.15, 0.2) is 40.9 Å². The number of nitrogens with one attached hydrogen (secondary N) is 1. The average Bonchev–Trinajstić information content (AvgIpc) is 2.58. The number of piperidine rings is 1. The highest BCUT2D eigenvalue weighted by molar-refractivity contribution is 9.10. The van der Waals surface area contributed by atoms with Crippen LogP contribution >= 0.6 is 15.9 Å². The average molecular weight is 363 g/mol. The Bertz CT molecular complexity index is 607. The Morgan fingerprint density at radius 2 is 1.77 bits per heavy atom. The maximum absolute atomic E-state index is 5.98. The van der Waals surface area contributed by atoms with Crippen molar-refractivity contribution in [3.63, 3.8) is 0 Å². The summed E-state index contributed by atoms with van der Waals surface area (Å²) in [7, 11) is 0. The van der Waals surface area contributed by atoms with Gasteiger partial charge in [0.1, 0.15) is 5.75 Å². The van der Waals surface area contributed by atoms with Crippen LogP contribution in [0.1, 0.15) is 32.1 Å². The summed E-state index contributed by atoms with van der Waals surface area (Å²) < 4.78 is 7.05. The first-order chi connectivity index (χ1) is 10.8. The van der Waals surface area contributed by atoms with Gasteiger partial charge in [-0.3, -0.25) is 0 Å². The highest BCUT2D eigenvalue weighted by atomic mass is 79.9. The zero-order valence-electron chi connectivity index (χ0n) is 13.1.